The van der Waals surface area contributed by atoms with E-state index in [9.17, 15) is 4.79 Å². The third-order valence-corrected chi connectivity index (χ3v) is 4.23. The van der Waals surface area contributed by atoms with Crippen LogP contribution in [0, 0.1) is 0 Å². The van der Waals surface area contributed by atoms with Gasteiger partial charge in [-0.25, -0.2) is 0 Å². The molecule has 0 spiro atoms. The monoisotopic (exact) mass is 228 g/mol. The van der Waals surface area contributed by atoms with Crippen molar-refractivity contribution in [3.63, 3.8) is 0 Å². The van der Waals surface area contributed by atoms with Crippen LogP contribution in [0.5, 0.6) is 0 Å². The Labute approximate surface area is 95.9 Å². The first kappa shape index (κ1) is 12.6. The molecule has 0 bridgehead atoms. The maximum absolute atomic E-state index is 11.5. The summed E-state index contributed by atoms with van der Waals surface area (Å²) in [5.41, 5.74) is 5.67. The van der Waals surface area contributed by atoms with Crippen molar-refractivity contribution in [2.45, 2.75) is 37.0 Å². The molecule has 0 aromatic rings. The average molecular weight is 228 g/mol. The van der Waals surface area contributed by atoms with Crippen LogP contribution in [-0.4, -0.2) is 29.0 Å². The van der Waals surface area contributed by atoms with Crippen LogP contribution in [0.2, 0.25) is 0 Å². The van der Waals surface area contributed by atoms with E-state index in [4.69, 9.17) is 5.73 Å². The van der Waals surface area contributed by atoms with E-state index in [0.29, 0.717) is 6.42 Å². The number of hydrogen-bond donors (Lipinski definition) is 2. The first-order valence-corrected chi connectivity index (χ1v) is 6.34. The molecule has 0 aromatic carbocycles. The topological polar surface area (TPSA) is 55.1 Å². The number of carbonyl (C=O) groups is 1. The molecule has 1 aliphatic heterocycles. The zero-order chi connectivity index (χ0) is 11.3. The molecule has 0 aliphatic carbocycles. The van der Waals surface area contributed by atoms with E-state index in [0.717, 1.165) is 6.54 Å². The lowest BCUT2D eigenvalue weighted by atomic mass is 10.1. The molecule has 15 heavy (non-hydrogen) atoms. The highest BCUT2D eigenvalue weighted by Crippen LogP contribution is 2.36. The second-order valence-corrected chi connectivity index (χ2v) is 5.93. The highest BCUT2D eigenvalue weighted by Gasteiger charge is 2.30. The summed E-state index contributed by atoms with van der Waals surface area (Å²) in [7, 11) is 0. The van der Waals surface area contributed by atoms with Gasteiger partial charge in [-0.05, 0) is 31.9 Å². The molecule has 2 unspecified atom stereocenters. The Bertz CT molecular complexity index is 237. The summed E-state index contributed by atoms with van der Waals surface area (Å²) in [6, 6.07) is -0.447. The Morgan fingerprint density at radius 3 is 3.07 bits per heavy atom. The van der Waals surface area contributed by atoms with E-state index in [1.165, 1.54) is 18.6 Å². The van der Waals surface area contributed by atoms with Crippen LogP contribution < -0.4 is 11.1 Å². The summed E-state index contributed by atoms with van der Waals surface area (Å²) in [5.74, 6) is 1.13. The van der Waals surface area contributed by atoms with Gasteiger partial charge in [-0.15, -0.1) is 6.58 Å². The molecule has 0 aromatic heterocycles. The molecule has 86 valence electrons. The lowest BCUT2D eigenvalue weighted by molar-refractivity contribution is -0.122. The van der Waals surface area contributed by atoms with E-state index in [-0.39, 0.29) is 10.7 Å². The molecule has 3 N–H and O–H groups in total. The van der Waals surface area contributed by atoms with Crippen LogP contribution in [0.15, 0.2) is 12.7 Å². The molecule has 0 radical (unpaired) electrons. The van der Waals surface area contributed by atoms with Gasteiger partial charge in [-0.2, -0.15) is 11.8 Å². The molecule has 1 amide bonds. The van der Waals surface area contributed by atoms with E-state index in [1.54, 1.807) is 6.08 Å². The fraction of sp³-hybridized carbons (Fsp3) is 0.727. The molecule has 1 fully saturated rings. The predicted molar refractivity (Wildman–Crippen MR) is 65.9 cm³/mol. The molecule has 1 rings (SSSR count). The van der Waals surface area contributed by atoms with Crippen molar-refractivity contribution < 1.29 is 4.79 Å². The number of hydrogen-bond acceptors (Lipinski definition) is 3. The Morgan fingerprint density at radius 2 is 2.53 bits per heavy atom. The minimum absolute atomic E-state index is 0.0661. The van der Waals surface area contributed by atoms with Crippen LogP contribution in [0.3, 0.4) is 0 Å². The Kier molecular flexibility index (Phi) is 4.67. The van der Waals surface area contributed by atoms with Crippen molar-refractivity contribution in [1.29, 1.82) is 0 Å². The molecule has 1 heterocycles. The van der Waals surface area contributed by atoms with Gasteiger partial charge in [0.1, 0.15) is 0 Å². The number of nitrogens with two attached hydrogens (primary N) is 1. The van der Waals surface area contributed by atoms with E-state index in [1.807, 2.05) is 11.8 Å². The highest BCUT2D eigenvalue weighted by molar-refractivity contribution is 8.00. The largest absolute Gasteiger partial charge is 0.353 e. The summed E-state index contributed by atoms with van der Waals surface area (Å²) in [6.07, 6.45) is 4.64. The molecular formula is C11H20N2OS. The molecule has 1 saturated heterocycles. The van der Waals surface area contributed by atoms with Gasteiger partial charge in [0.05, 0.1) is 6.04 Å². The van der Waals surface area contributed by atoms with E-state index in [2.05, 4.69) is 18.8 Å². The summed E-state index contributed by atoms with van der Waals surface area (Å²) in [4.78, 5) is 11.5. The zero-order valence-corrected chi connectivity index (χ0v) is 10.1. The first-order chi connectivity index (χ1) is 7.07. The predicted octanol–water partition coefficient (Wildman–Crippen LogP) is 1.29. The Balaban J connectivity index is 2.29. The Hall–Kier alpha value is -0.480. The number of rotatable bonds is 5. The smallest absolute Gasteiger partial charge is 0.237 e. The SMILES string of the molecule is C=CCC(N)C(=O)NCC1(C)CCCS1. The fourth-order valence-electron chi connectivity index (χ4n) is 1.67. The van der Waals surface area contributed by atoms with Gasteiger partial charge in [0.2, 0.25) is 5.91 Å². The van der Waals surface area contributed by atoms with Gasteiger partial charge in [0, 0.05) is 11.3 Å². The zero-order valence-electron chi connectivity index (χ0n) is 9.29. The minimum atomic E-state index is -0.447. The fourth-order valence-corrected chi connectivity index (χ4v) is 2.91. The standard InChI is InChI=1S/C11H20N2OS/c1-3-5-9(12)10(14)13-8-11(2)6-4-7-15-11/h3,9H,1,4-8,12H2,2H3,(H,13,14). The molecule has 1 aliphatic rings. The van der Waals surface area contributed by atoms with Crippen LogP contribution in [-0.2, 0) is 4.79 Å². The molecular weight excluding hydrogens is 208 g/mol. The van der Waals surface area contributed by atoms with Crippen molar-refractivity contribution >= 4 is 17.7 Å². The van der Waals surface area contributed by atoms with Crippen molar-refractivity contribution in [1.82, 2.24) is 5.32 Å². The summed E-state index contributed by atoms with van der Waals surface area (Å²) in [5, 5.41) is 2.92. The third kappa shape index (κ3) is 3.87. The molecule has 4 heteroatoms. The normalized spacial score (nSPS) is 27.3. The molecule has 2 atom stereocenters. The van der Waals surface area contributed by atoms with E-state index < -0.39 is 6.04 Å². The number of amides is 1. The Morgan fingerprint density at radius 1 is 1.80 bits per heavy atom. The second-order valence-electron chi connectivity index (χ2n) is 4.25. The van der Waals surface area contributed by atoms with Crippen molar-refractivity contribution in [3.05, 3.63) is 12.7 Å². The van der Waals surface area contributed by atoms with Crippen LogP contribution in [0.4, 0.5) is 0 Å². The van der Waals surface area contributed by atoms with Gasteiger partial charge in [0.15, 0.2) is 0 Å². The van der Waals surface area contributed by atoms with Gasteiger partial charge in [0.25, 0.3) is 0 Å². The van der Waals surface area contributed by atoms with Crippen molar-refractivity contribution in [2.24, 2.45) is 5.73 Å². The first-order valence-electron chi connectivity index (χ1n) is 5.35. The average Bonchev–Trinajstić information content (AvgIpc) is 2.63. The summed E-state index contributed by atoms with van der Waals surface area (Å²) in [6.45, 7) is 6.49. The van der Waals surface area contributed by atoms with E-state index >= 15 is 0 Å². The van der Waals surface area contributed by atoms with Gasteiger partial charge >= 0.3 is 0 Å². The number of carbonyl (C=O) groups excluding carboxylic acids is 1. The van der Waals surface area contributed by atoms with Crippen LogP contribution in [0.1, 0.15) is 26.2 Å². The quantitative estimate of drug-likeness (QED) is 0.697. The van der Waals surface area contributed by atoms with Gasteiger partial charge in [-0.3, -0.25) is 4.79 Å². The maximum atomic E-state index is 11.5. The maximum Gasteiger partial charge on any atom is 0.237 e. The molecule has 3 nitrogen and oxygen atoms in total. The lowest BCUT2D eigenvalue weighted by Gasteiger charge is -2.23. The third-order valence-electron chi connectivity index (χ3n) is 2.69. The van der Waals surface area contributed by atoms with Crippen molar-refractivity contribution in [3.8, 4) is 0 Å². The van der Waals surface area contributed by atoms with Crippen LogP contribution in [0.25, 0.3) is 0 Å². The lowest BCUT2D eigenvalue weighted by Crippen LogP contribution is -2.45. The number of nitrogens with one attached hydrogen (secondary N) is 1. The second kappa shape index (κ2) is 5.56. The minimum Gasteiger partial charge on any atom is -0.353 e. The summed E-state index contributed by atoms with van der Waals surface area (Å²) >= 11 is 1.94. The molecule has 0 saturated carbocycles. The summed E-state index contributed by atoms with van der Waals surface area (Å²) < 4.78 is 0.212. The van der Waals surface area contributed by atoms with Crippen molar-refractivity contribution in [2.75, 3.05) is 12.3 Å². The highest BCUT2D eigenvalue weighted by atomic mass is 32.2. The number of thioether (sulfide) groups is 1. The van der Waals surface area contributed by atoms with Gasteiger partial charge in [-0.1, -0.05) is 6.08 Å². The van der Waals surface area contributed by atoms with Crippen LogP contribution >= 0.6 is 11.8 Å². The van der Waals surface area contributed by atoms with Gasteiger partial charge < -0.3 is 11.1 Å².